The zero-order valence-corrected chi connectivity index (χ0v) is 11.4. The Kier molecular flexibility index (Phi) is 5.05. The van der Waals surface area contributed by atoms with E-state index < -0.39 is 5.97 Å². The molecule has 1 saturated carbocycles. The Morgan fingerprint density at radius 3 is 2.47 bits per heavy atom. The van der Waals surface area contributed by atoms with Crippen LogP contribution in [0, 0.1) is 0 Å². The number of nitrogens with zero attached hydrogens (tertiary/aromatic N) is 1. The second-order valence-corrected chi connectivity index (χ2v) is 5.71. The van der Waals surface area contributed by atoms with Gasteiger partial charge in [0.15, 0.2) is 0 Å². The summed E-state index contributed by atoms with van der Waals surface area (Å²) in [6.07, 6.45) is 8.36. The van der Waals surface area contributed by atoms with E-state index in [9.17, 15) is 9.59 Å². The summed E-state index contributed by atoms with van der Waals surface area (Å²) >= 11 is 0. The molecule has 108 valence electrons. The van der Waals surface area contributed by atoms with Gasteiger partial charge in [-0.2, -0.15) is 0 Å². The summed E-state index contributed by atoms with van der Waals surface area (Å²) < 4.78 is 0. The van der Waals surface area contributed by atoms with Crippen LogP contribution in [-0.2, 0) is 4.79 Å². The maximum Gasteiger partial charge on any atom is 0.317 e. The summed E-state index contributed by atoms with van der Waals surface area (Å²) in [5.41, 5.74) is 0. The van der Waals surface area contributed by atoms with Gasteiger partial charge in [-0.25, -0.2) is 4.79 Å². The van der Waals surface area contributed by atoms with Crippen molar-refractivity contribution in [3.8, 4) is 0 Å². The van der Waals surface area contributed by atoms with Crippen LogP contribution < -0.4 is 5.32 Å². The van der Waals surface area contributed by atoms with Gasteiger partial charge in [-0.05, 0) is 38.5 Å². The molecule has 2 aliphatic rings. The van der Waals surface area contributed by atoms with Crippen molar-refractivity contribution in [2.24, 2.45) is 0 Å². The van der Waals surface area contributed by atoms with Crippen molar-refractivity contribution in [1.82, 2.24) is 10.2 Å². The van der Waals surface area contributed by atoms with Gasteiger partial charge in [-0.15, -0.1) is 0 Å². The Balaban J connectivity index is 1.86. The highest BCUT2D eigenvalue weighted by Crippen LogP contribution is 2.23. The minimum atomic E-state index is -0.776. The van der Waals surface area contributed by atoms with Crippen molar-refractivity contribution in [3.63, 3.8) is 0 Å². The van der Waals surface area contributed by atoms with Crippen LogP contribution in [0.4, 0.5) is 4.79 Å². The highest BCUT2D eigenvalue weighted by molar-refractivity contribution is 5.75. The first kappa shape index (κ1) is 14.2. The first-order chi connectivity index (χ1) is 9.16. The van der Waals surface area contributed by atoms with Crippen molar-refractivity contribution in [3.05, 3.63) is 0 Å². The average Bonchev–Trinajstić information content (AvgIpc) is 2.89. The Morgan fingerprint density at radius 1 is 1.11 bits per heavy atom. The summed E-state index contributed by atoms with van der Waals surface area (Å²) in [5, 5.41) is 11.9. The molecule has 0 aromatic rings. The lowest BCUT2D eigenvalue weighted by molar-refractivity contribution is -0.137. The normalized spacial score (nSPS) is 24.4. The Hall–Kier alpha value is -1.26. The number of nitrogens with one attached hydrogen (secondary N) is 1. The van der Waals surface area contributed by atoms with Gasteiger partial charge in [0.2, 0.25) is 0 Å². The third-order valence-corrected chi connectivity index (χ3v) is 4.26. The molecule has 2 N–H and O–H groups in total. The van der Waals surface area contributed by atoms with Gasteiger partial charge >= 0.3 is 12.0 Å². The summed E-state index contributed by atoms with van der Waals surface area (Å²) in [6, 6.07) is 0.447. The Labute approximate surface area is 114 Å². The van der Waals surface area contributed by atoms with E-state index in [1.165, 1.54) is 12.8 Å². The minimum absolute atomic E-state index is 0.0157. The van der Waals surface area contributed by atoms with E-state index in [1.807, 2.05) is 4.90 Å². The summed E-state index contributed by atoms with van der Waals surface area (Å²) in [6.45, 7) is 0.767. The number of urea groups is 1. The standard InChI is InChI=1S/C14H24N2O3/c17-13(18)9-8-12-7-3-4-10-16(12)14(19)15-11-5-1-2-6-11/h11-12H,1-10H2,(H,15,19)(H,17,18). The second kappa shape index (κ2) is 6.78. The van der Waals surface area contributed by atoms with E-state index >= 15 is 0 Å². The van der Waals surface area contributed by atoms with Gasteiger partial charge in [-0.1, -0.05) is 12.8 Å². The van der Waals surface area contributed by atoms with Gasteiger partial charge in [0, 0.05) is 25.0 Å². The topological polar surface area (TPSA) is 69.6 Å². The predicted molar refractivity (Wildman–Crippen MR) is 72.0 cm³/mol. The molecule has 0 aromatic heterocycles. The van der Waals surface area contributed by atoms with Crippen molar-refractivity contribution < 1.29 is 14.7 Å². The van der Waals surface area contributed by atoms with Gasteiger partial charge in [0.25, 0.3) is 0 Å². The largest absolute Gasteiger partial charge is 0.481 e. The number of rotatable bonds is 4. The molecule has 19 heavy (non-hydrogen) atoms. The van der Waals surface area contributed by atoms with Crippen molar-refractivity contribution in [2.45, 2.75) is 69.9 Å². The molecule has 1 unspecified atom stereocenters. The highest BCUT2D eigenvalue weighted by Gasteiger charge is 2.28. The summed E-state index contributed by atoms with van der Waals surface area (Å²) in [5.74, 6) is -0.776. The maximum atomic E-state index is 12.3. The fourth-order valence-corrected chi connectivity index (χ4v) is 3.19. The quantitative estimate of drug-likeness (QED) is 0.822. The van der Waals surface area contributed by atoms with Crippen LogP contribution in [0.25, 0.3) is 0 Å². The molecule has 5 heteroatoms. The molecule has 2 rings (SSSR count). The first-order valence-corrected chi connectivity index (χ1v) is 7.46. The number of piperidine rings is 1. The van der Waals surface area contributed by atoms with E-state index in [0.717, 1.165) is 38.6 Å². The number of aliphatic carboxylic acids is 1. The monoisotopic (exact) mass is 268 g/mol. The van der Waals surface area contributed by atoms with Crippen LogP contribution in [0.3, 0.4) is 0 Å². The Morgan fingerprint density at radius 2 is 1.79 bits per heavy atom. The van der Waals surface area contributed by atoms with E-state index in [1.54, 1.807) is 0 Å². The lowest BCUT2D eigenvalue weighted by Gasteiger charge is -2.36. The van der Waals surface area contributed by atoms with Crippen molar-refractivity contribution >= 4 is 12.0 Å². The molecule has 0 aromatic carbocycles. The molecule has 2 fully saturated rings. The molecule has 1 aliphatic heterocycles. The number of amides is 2. The first-order valence-electron chi connectivity index (χ1n) is 7.46. The molecule has 1 saturated heterocycles. The highest BCUT2D eigenvalue weighted by atomic mass is 16.4. The van der Waals surface area contributed by atoms with Crippen molar-refractivity contribution in [2.75, 3.05) is 6.54 Å². The molecule has 5 nitrogen and oxygen atoms in total. The zero-order chi connectivity index (χ0) is 13.7. The average molecular weight is 268 g/mol. The minimum Gasteiger partial charge on any atom is -0.481 e. The smallest absolute Gasteiger partial charge is 0.317 e. The fourth-order valence-electron chi connectivity index (χ4n) is 3.19. The van der Waals surface area contributed by atoms with E-state index in [0.29, 0.717) is 12.5 Å². The molecular formula is C14H24N2O3. The molecule has 0 spiro atoms. The number of carboxylic acid groups (broad SMARTS) is 1. The predicted octanol–water partition coefficient (Wildman–Crippen LogP) is 2.36. The lowest BCUT2D eigenvalue weighted by atomic mass is 9.98. The van der Waals surface area contributed by atoms with Crippen LogP contribution >= 0.6 is 0 Å². The zero-order valence-electron chi connectivity index (χ0n) is 11.4. The van der Waals surface area contributed by atoms with Gasteiger partial charge in [-0.3, -0.25) is 4.79 Å². The third kappa shape index (κ3) is 4.11. The van der Waals surface area contributed by atoms with Crippen LogP contribution in [0.2, 0.25) is 0 Å². The number of hydrogen-bond donors (Lipinski definition) is 2. The molecule has 0 radical (unpaired) electrons. The number of carbonyl (C=O) groups excluding carboxylic acids is 1. The van der Waals surface area contributed by atoms with Crippen LogP contribution in [-0.4, -0.2) is 40.6 Å². The maximum absolute atomic E-state index is 12.3. The van der Waals surface area contributed by atoms with Gasteiger partial charge < -0.3 is 15.3 Å². The van der Waals surface area contributed by atoms with Crippen LogP contribution in [0.1, 0.15) is 57.8 Å². The number of carbonyl (C=O) groups is 2. The summed E-state index contributed by atoms with van der Waals surface area (Å²) in [7, 11) is 0. The number of carboxylic acids is 1. The number of hydrogen-bond acceptors (Lipinski definition) is 2. The van der Waals surface area contributed by atoms with E-state index in [2.05, 4.69) is 5.32 Å². The summed E-state index contributed by atoms with van der Waals surface area (Å²) in [4.78, 5) is 24.8. The van der Waals surface area contributed by atoms with E-state index in [4.69, 9.17) is 5.11 Å². The molecule has 1 heterocycles. The molecular weight excluding hydrogens is 244 g/mol. The molecule has 0 bridgehead atoms. The van der Waals surface area contributed by atoms with E-state index in [-0.39, 0.29) is 18.5 Å². The third-order valence-electron chi connectivity index (χ3n) is 4.26. The van der Waals surface area contributed by atoms with Gasteiger partial charge in [0.1, 0.15) is 0 Å². The molecule has 2 amide bonds. The molecule has 1 atom stereocenters. The van der Waals surface area contributed by atoms with Crippen LogP contribution in [0.15, 0.2) is 0 Å². The SMILES string of the molecule is O=C(O)CCC1CCCCN1C(=O)NC1CCCC1. The lowest BCUT2D eigenvalue weighted by Crippen LogP contribution is -2.50. The van der Waals surface area contributed by atoms with Gasteiger partial charge in [0.05, 0.1) is 0 Å². The van der Waals surface area contributed by atoms with Crippen LogP contribution in [0.5, 0.6) is 0 Å². The second-order valence-electron chi connectivity index (χ2n) is 5.71. The fraction of sp³-hybridized carbons (Fsp3) is 0.857. The molecule has 1 aliphatic carbocycles. The Bertz CT molecular complexity index is 327. The van der Waals surface area contributed by atoms with Crippen molar-refractivity contribution in [1.29, 1.82) is 0 Å². The number of likely N-dealkylation sites (tertiary alicyclic amines) is 1.